The number of halogens is 3. The van der Waals surface area contributed by atoms with Crippen molar-refractivity contribution in [3.05, 3.63) is 51.7 Å². The summed E-state index contributed by atoms with van der Waals surface area (Å²) in [5.74, 6) is 0.559. The van der Waals surface area contributed by atoms with Crippen LogP contribution in [-0.2, 0) is 24.5 Å². The molecule has 28 heavy (non-hydrogen) atoms. The van der Waals surface area contributed by atoms with Gasteiger partial charge in [-0.25, -0.2) is 9.48 Å². The van der Waals surface area contributed by atoms with E-state index in [0.29, 0.717) is 31.1 Å². The molecule has 0 unspecified atom stereocenters. The summed E-state index contributed by atoms with van der Waals surface area (Å²) in [6.07, 6.45) is -0.716. The van der Waals surface area contributed by atoms with Gasteiger partial charge in [-0.3, -0.25) is 9.88 Å². The first-order valence-corrected chi connectivity index (χ1v) is 9.43. The monoisotopic (exact) mass is 396 g/mol. The van der Waals surface area contributed by atoms with Crippen LogP contribution < -0.4 is 5.69 Å². The lowest BCUT2D eigenvalue weighted by atomic mass is 9.92. The molecular weight excluding hydrogens is 373 g/mol. The van der Waals surface area contributed by atoms with Gasteiger partial charge >= 0.3 is 11.9 Å². The number of benzene rings is 1. The Balaban J connectivity index is 1.60. The normalized spacial score (nSPS) is 22.8. The maximum atomic E-state index is 13.1. The number of alkyl halides is 3. The molecule has 2 aliphatic rings. The molecule has 2 aromatic rings. The second-order valence-electron chi connectivity index (χ2n) is 7.74. The summed E-state index contributed by atoms with van der Waals surface area (Å²) in [6, 6.07) is 5.33. The quantitative estimate of drug-likeness (QED) is 0.866. The molecule has 2 fully saturated rings. The predicted octanol–water partition coefficient (Wildman–Crippen LogP) is 3.01. The summed E-state index contributed by atoms with van der Waals surface area (Å²) in [7, 11) is 1.58. The number of ether oxygens (including phenoxy) is 1. The van der Waals surface area contributed by atoms with E-state index in [1.54, 1.807) is 13.1 Å². The number of aromatic nitrogens is 3. The van der Waals surface area contributed by atoms with Gasteiger partial charge in [0.25, 0.3) is 0 Å². The maximum Gasteiger partial charge on any atom is 0.416 e. The SMILES string of the molecule is Cn1nc(CN2C[C@H](c3cccc(C(F)(F)F)c3)OCC23CCCC3)[nH]c1=O. The van der Waals surface area contributed by atoms with Gasteiger partial charge in [-0.2, -0.15) is 18.3 Å². The summed E-state index contributed by atoms with van der Waals surface area (Å²) in [5, 5.41) is 4.22. The third-order valence-electron chi connectivity index (χ3n) is 5.89. The first-order chi connectivity index (χ1) is 13.3. The predicted molar refractivity (Wildman–Crippen MR) is 95.6 cm³/mol. The van der Waals surface area contributed by atoms with Crippen molar-refractivity contribution < 1.29 is 17.9 Å². The second-order valence-corrected chi connectivity index (χ2v) is 7.74. The number of aryl methyl sites for hydroxylation is 1. The summed E-state index contributed by atoms with van der Waals surface area (Å²) in [6.45, 7) is 1.36. The zero-order chi connectivity index (χ0) is 19.9. The van der Waals surface area contributed by atoms with Gasteiger partial charge in [0, 0.05) is 19.1 Å². The number of H-pyrrole nitrogens is 1. The molecule has 1 aromatic heterocycles. The molecule has 1 aromatic carbocycles. The average molecular weight is 396 g/mol. The number of nitrogens with one attached hydrogen (secondary N) is 1. The first kappa shape index (κ1) is 19.2. The number of aromatic amines is 1. The van der Waals surface area contributed by atoms with Crippen molar-refractivity contribution in [1.82, 2.24) is 19.7 Å². The lowest BCUT2D eigenvalue weighted by Crippen LogP contribution is -2.55. The first-order valence-electron chi connectivity index (χ1n) is 9.43. The molecule has 1 atom stereocenters. The van der Waals surface area contributed by atoms with E-state index in [1.165, 1.54) is 10.7 Å². The zero-order valence-electron chi connectivity index (χ0n) is 15.6. The van der Waals surface area contributed by atoms with E-state index in [4.69, 9.17) is 4.74 Å². The topological polar surface area (TPSA) is 63.1 Å². The second kappa shape index (κ2) is 7.04. The van der Waals surface area contributed by atoms with Crippen molar-refractivity contribution in [2.45, 2.75) is 50.0 Å². The highest BCUT2D eigenvalue weighted by Gasteiger charge is 2.45. The summed E-state index contributed by atoms with van der Waals surface area (Å²) < 4.78 is 46.6. The van der Waals surface area contributed by atoms with Crippen molar-refractivity contribution in [2.75, 3.05) is 13.2 Å². The Morgan fingerprint density at radius 2 is 2.07 bits per heavy atom. The van der Waals surface area contributed by atoms with Crippen molar-refractivity contribution in [3.63, 3.8) is 0 Å². The average Bonchev–Trinajstić information content (AvgIpc) is 3.24. The molecular formula is C19H23F3N4O2. The van der Waals surface area contributed by atoms with Gasteiger partial charge in [0.2, 0.25) is 0 Å². The Kier molecular flexibility index (Phi) is 4.83. The molecule has 1 saturated heterocycles. The van der Waals surface area contributed by atoms with Crippen LogP contribution in [0.1, 0.15) is 48.7 Å². The van der Waals surface area contributed by atoms with Crippen LogP contribution in [0.25, 0.3) is 0 Å². The largest absolute Gasteiger partial charge is 0.416 e. The Hall–Kier alpha value is -2.13. The molecule has 1 spiro atoms. The molecule has 0 radical (unpaired) electrons. The zero-order valence-corrected chi connectivity index (χ0v) is 15.6. The molecule has 0 amide bonds. The minimum absolute atomic E-state index is 0.146. The van der Waals surface area contributed by atoms with E-state index in [-0.39, 0.29) is 11.2 Å². The standard InChI is InChI=1S/C19H23F3N4O2/c1-25-17(27)23-16(24-25)11-26-10-15(28-12-18(26)7-2-3-8-18)13-5-4-6-14(9-13)19(20,21)22/h4-6,9,15H,2-3,7-8,10-12H2,1H3,(H,23,24,27)/t15-/m1/s1. The molecule has 1 N–H and O–H groups in total. The van der Waals surface area contributed by atoms with Gasteiger partial charge in [-0.15, -0.1) is 0 Å². The van der Waals surface area contributed by atoms with Gasteiger partial charge in [0.05, 0.1) is 24.8 Å². The maximum absolute atomic E-state index is 13.1. The number of hydrogen-bond acceptors (Lipinski definition) is 4. The van der Waals surface area contributed by atoms with Crippen LogP contribution >= 0.6 is 0 Å². The van der Waals surface area contributed by atoms with Crippen LogP contribution in [0.2, 0.25) is 0 Å². The highest BCUT2D eigenvalue weighted by molar-refractivity contribution is 5.28. The number of nitrogens with zero attached hydrogens (tertiary/aromatic N) is 3. The van der Waals surface area contributed by atoms with Crippen LogP contribution in [0.5, 0.6) is 0 Å². The summed E-state index contributed by atoms with van der Waals surface area (Å²) in [4.78, 5) is 16.7. The van der Waals surface area contributed by atoms with E-state index in [1.807, 2.05) is 0 Å². The van der Waals surface area contributed by atoms with Crippen LogP contribution in [0.4, 0.5) is 13.2 Å². The Morgan fingerprint density at radius 3 is 2.71 bits per heavy atom. The molecule has 152 valence electrons. The fraction of sp³-hybridized carbons (Fsp3) is 0.579. The van der Waals surface area contributed by atoms with Crippen molar-refractivity contribution >= 4 is 0 Å². The number of hydrogen-bond donors (Lipinski definition) is 1. The van der Waals surface area contributed by atoms with E-state index < -0.39 is 17.8 Å². The minimum Gasteiger partial charge on any atom is -0.370 e. The molecule has 1 saturated carbocycles. The van der Waals surface area contributed by atoms with Crippen molar-refractivity contribution in [2.24, 2.45) is 7.05 Å². The molecule has 0 bridgehead atoms. The van der Waals surface area contributed by atoms with Gasteiger partial charge < -0.3 is 4.74 Å². The van der Waals surface area contributed by atoms with Crippen LogP contribution in [0, 0.1) is 0 Å². The molecule has 9 heteroatoms. The molecule has 1 aliphatic heterocycles. The molecule has 1 aliphatic carbocycles. The van der Waals surface area contributed by atoms with E-state index in [2.05, 4.69) is 15.0 Å². The van der Waals surface area contributed by atoms with Gasteiger partial charge in [-0.05, 0) is 30.5 Å². The Bertz CT molecular complexity index is 899. The van der Waals surface area contributed by atoms with E-state index >= 15 is 0 Å². The van der Waals surface area contributed by atoms with Gasteiger partial charge in [0.1, 0.15) is 5.82 Å². The van der Waals surface area contributed by atoms with Crippen LogP contribution in [0.15, 0.2) is 29.1 Å². The fourth-order valence-electron chi connectivity index (χ4n) is 4.34. The number of morpholine rings is 1. The highest BCUT2D eigenvalue weighted by Crippen LogP contribution is 2.42. The van der Waals surface area contributed by atoms with Crippen LogP contribution in [0.3, 0.4) is 0 Å². The molecule has 2 heterocycles. The van der Waals surface area contributed by atoms with Crippen molar-refractivity contribution in [1.29, 1.82) is 0 Å². The Labute approximate surface area is 160 Å². The highest BCUT2D eigenvalue weighted by atomic mass is 19.4. The van der Waals surface area contributed by atoms with E-state index in [0.717, 1.165) is 37.8 Å². The third-order valence-corrected chi connectivity index (χ3v) is 5.89. The van der Waals surface area contributed by atoms with Crippen molar-refractivity contribution in [3.8, 4) is 0 Å². The summed E-state index contributed by atoms with van der Waals surface area (Å²) in [5.41, 5.74) is -0.581. The fourth-order valence-corrected chi connectivity index (χ4v) is 4.34. The molecule has 4 rings (SSSR count). The number of rotatable bonds is 3. The lowest BCUT2D eigenvalue weighted by Gasteiger charge is -2.47. The summed E-state index contributed by atoms with van der Waals surface area (Å²) >= 11 is 0. The van der Waals surface area contributed by atoms with Gasteiger partial charge in [-0.1, -0.05) is 25.0 Å². The third kappa shape index (κ3) is 3.60. The van der Waals surface area contributed by atoms with E-state index in [9.17, 15) is 18.0 Å². The smallest absolute Gasteiger partial charge is 0.370 e. The Morgan fingerprint density at radius 1 is 1.32 bits per heavy atom. The lowest BCUT2D eigenvalue weighted by molar-refractivity contribution is -0.138. The minimum atomic E-state index is -4.38. The van der Waals surface area contributed by atoms with Crippen LogP contribution in [-0.4, -0.2) is 38.4 Å². The van der Waals surface area contributed by atoms with Gasteiger partial charge in [0.15, 0.2) is 0 Å². The molecule has 6 nitrogen and oxygen atoms in total.